The number of esters is 4. The largest absolute Gasteiger partial charge is 0.494 e. The number of carbonyl (C=O) groups excluding carboxylic acids is 4. The van der Waals surface area contributed by atoms with Crippen LogP contribution in [0, 0.1) is 22.7 Å². The van der Waals surface area contributed by atoms with Gasteiger partial charge in [-0.1, -0.05) is 49.6 Å². The maximum atomic E-state index is 13.2. The number of nitriles is 2. The van der Waals surface area contributed by atoms with E-state index in [0.717, 1.165) is 21.5 Å². The molecule has 14 heteroatoms. The first-order chi connectivity index (χ1) is 30.9. The summed E-state index contributed by atoms with van der Waals surface area (Å²) in [6, 6.07) is 26.0. The minimum atomic E-state index is -0.868. The Morgan fingerprint density at radius 1 is 0.578 bits per heavy atom. The quantitative estimate of drug-likeness (QED) is 0.0276. The lowest BCUT2D eigenvalue weighted by Crippen LogP contribution is -2.36. The highest BCUT2D eigenvalue weighted by atomic mass is 16.7. The number of carbonyl (C=O) groups is 4. The van der Waals surface area contributed by atoms with Crippen LogP contribution < -0.4 is 9.47 Å². The first kappa shape index (κ1) is 46.2. The average molecular weight is 869 g/mol. The summed E-state index contributed by atoms with van der Waals surface area (Å²) in [7, 11) is 0. The summed E-state index contributed by atoms with van der Waals surface area (Å²) in [5.41, 5.74) is 1.49. The van der Waals surface area contributed by atoms with Gasteiger partial charge in [-0.25, -0.2) is 19.2 Å². The Morgan fingerprint density at radius 2 is 0.953 bits per heavy atom. The van der Waals surface area contributed by atoms with Crippen LogP contribution in [0.1, 0.15) is 50.7 Å². The van der Waals surface area contributed by atoms with Crippen LogP contribution in [0.15, 0.2) is 108 Å². The highest BCUT2D eigenvalue weighted by molar-refractivity contribution is 6.00. The minimum Gasteiger partial charge on any atom is -0.494 e. The van der Waals surface area contributed by atoms with E-state index in [4.69, 9.17) is 37.9 Å². The topological polar surface area (TPSA) is 190 Å². The summed E-state index contributed by atoms with van der Waals surface area (Å²) >= 11 is 0. The minimum absolute atomic E-state index is 0.0472. The number of rotatable bonds is 20. The van der Waals surface area contributed by atoms with Crippen LogP contribution in [0.4, 0.5) is 0 Å². The predicted molar refractivity (Wildman–Crippen MR) is 235 cm³/mol. The zero-order valence-corrected chi connectivity index (χ0v) is 35.7. The molecule has 2 saturated heterocycles. The second kappa shape index (κ2) is 22.2. The lowest BCUT2D eigenvalue weighted by atomic mass is 10.0. The Morgan fingerprint density at radius 3 is 1.34 bits per heavy atom. The summed E-state index contributed by atoms with van der Waals surface area (Å²) in [5, 5.41) is 23.3. The van der Waals surface area contributed by atoms with Crippen LogP contribution in [-0.2, 0) is 47.6 Å². The third-order valence-corrected chi connectivity index (χ3v) is 10.2. The molecule has 6 rings (SSSR count). The molecular formula is C50H48N2O12. The third-order valence-electron chi connectivity index (χ3n) is 10.2. The number of ether oxygens (including phenoxy) is 8. The summed E-state index contributed by atoms with van der Waals surface area (Å²) < 4.78 is 45.0. The van der Waals surface area contributed by atoms with E-state index in [-0.39, 0.29) is 24.4 Å². The zero-order valence-electron chi connectivity index (χ0n) is 35.7. The Labute approximate surface area is 370 Å². The van der Waals surface area contributed by atoms with Crippen molar-refractivity contribution >= 4 is 57.6 Å². The van der Waals surface area contributed by atoms with Crippen molar-refractivity contribution in [3.05, 3.63) is 119 Å². The Hall–Kier alpha value is -7.26. The van der Waals surface area contributed by atoms with Gasteiger partial charge in [0.05, 0.1) is 39.6 Å². The molecule has 2 aliphatic heterocycles. The van der Waals surface area contributed by atoms with E-state index in [9.17, 15) is 29.7 Å². The van der Waals surface area contributed by atoms with E-state index in [2.05, 4.69) is 13.2 Å². The highest BCUT2D eigenvalue weighted by Gasteiger charge is 2.51. The molecule has 330 valence electrons. The van der Waals surface area contributed by atoms with Gasteiger partial charge < -0.3 is 37.9 Å². The van der Waals surface area contributed by atoms with Crippen molar-refractivity contribution in [1.82, 2.24) is 0 Å². The average Bonchev–Trinajstić information content (AvgIpc) is 3.88. The molecule has 2 heterocycles. The molecule has 0 aliphatic carbocycles. The Kier molecular flexibility index (Phi) is 16.0. The molecule has 4 aromatic rings. The summed E-state index contributed by atoms with van der Waals surface area (Å²) in [5.74, 6) is -1.18. The molecule has 4 atom stereocenters. The normalized spacial score (nSPS) is 18.0. The molecule has 0 spiro atoms. The molecule has 4 aromatic carbocycles. The van der Waals surface area contributed by atoms with Crippen molar-refractivity contribution in [1.29, 1.82) is 10.5 Å². The van der Waals surface area contributed by atoms with E-state index >= 15 is 0 Å². The molecule has 64 heavy (non-hydrogen) atoms. The maximum Gasteiger partial charge on any atom is 0.349 e. The number of hydrogen-bond acceptors (Lipinski definition) is 14. The van der Waals surface area contributed by atoms with E-state index in [0.29, 0.717) is 85.9 Å². The maximum absolute atomic E-state index is 13.2. The second-order valence-electron chi connectivity index (χ2n) is 15.3. The monoisotopic (exact) mass is 868 g/mol. The van der Waals surface area contributed by atoms with Gasteiger partial charge in [-0.05, 0) is 121 Å². The number of benzene rings is 4. The van der Waals surface area contributed by atoms with E-state index < -0.39 is 48.3 Å². The van der Waals surface area contributed by atoms with Gasteiger partial charge in [0.25, 0.3) is 0 Å². The molecule has 2 aliphatic rings. The predicted octanol–water partition coefficient (Wildman–Crippen LogP) is 7.68. The number of fused-ring (bicyclic) bond motifs is 3. The first-order valence-corrected chi connectivity index (χ1v) is 20.8. The molecule has 0 aromatic heterocycles. The van der Waals surface area contributed by atoms with Crippen molar-refractivity contribution < 1.29 is 57.1 Å². The fourth-order valence-corrected chi connectivity index (χ4v) is 6.85. The van der Waals surface area contributed by atoms with Crippen LogP contribution in [-0.4, -0.2) is 87.9 Å². The van der Waals surface area contributed by atoms with E-state index in [1.807, 2.05) is 72.8 Å². The summed E-state index contributed by atoms with van der Waals surface area (Å²) in [6.07, 6.45) is 2.34. The van der Waals surface area contributed by atoms with Crippen molar-refractivity contribution in [3.8, 4) is 23.6 Å². The van der Waals surface area contributed by atoms with Gasteiger partial charge in [-0.15, -0.1) is 0 Å². The van der Waals surface area contributed by atoms with Crippen molar-refractivity contribution in [2.75, 3.05) is 39.6 Å². The van der Waals surface area contributed by atoms with Crippen LogP contribution >= 0.6 is 0 Å². The Balaban J connectivity index is 0.973. The molecule has 2 fully saturated rings. The SMILES string of the molecule is C=C(C)C(=O)OCCCCOc1ccc2cc(/C=C(\C#N)C(=O)O[C@H]3CO[C@H]4[C@@H]3OC[C@H]4OC(=O)/C(C#N)=C/c3ccc4cc(OCCCCOC(=O)C(=C)C)ccc4c3)ccc2c1. The molecule has 0 saturated carbocycles. The van der Waals surface area contributed by atoms with Crippen LogP contribution in [0.3, 0.4) is 0 Å². The molecule has 0 radical (unpaired) electrons. The van der Waals surface area contributed by atoms with E-state index in [1.165, 1.54) is 12.2 Å². The van der Waals surface area contributed by atoms with Crippen LogP contribution in [0.2, 0.25) is 0 Å². The van der Waals surface area contributed by atoms with Crippen molar-refractivity contribution in [2.45, 2.75) is 63.9 Å². The van der Waals surface area contributed by atoms with Gasteiger partial charge >= 0.3 is 23.9 Å². The molecule has 14 nitrogen and oxygen atoms in total. The lowest BCUT2D eigenvalue weighted by molar-refractivity contribution is -0.150. The smallest absolute Gasteiger partial charge is 0.349 e. The molecule has 0 bridgehead atoms. The van der Waals surface area contributed by atoms with Crippen molar-refractivity contribution in [2.24, 2.45) is 0 Å². The zero-order chi connectivity index (χ0) is 45.6. The fourth-order valence-electron chi connectivity index (χ4n) is 6.85. The summed E-state index contributed by atoms with van der Waals surface area (Å²) in [4.78, 5) is 49.4. The van der Waals surface area contributed by atoms with Crippen LogP contribution in [0.5, 0.6) is 11.5 Å². The molecule has 0 N–H and O–H groups in total. The second-order valence-corrected chi connectivity index (χ2v) is 15.3. The molecular weight excluding hydrogens is 821 g/mol. The first-order valence-electron chi connectivity index (χ1n) is 20.8. The van der Waals surface area contributed by atoms with Gasteiger partial charge in [0.15, 0.2) is 12.2 Å². The van der Waals surface area contributed by atoms with Gasteiger partial charge in [0.1, 0.15) is 47.0 Å². The van der Waals surface area contributed by atoms with Gasteiger partial charge in [0, 0.05) is 11.1 Å². The lowest BCUT2D eigenvalue weighted by Gasteiger charge is -2.17. The number of nitrogens with zero attached hydrogens (tertiary/aromatic N) is 2. The van der Waals surface area contributed by atoms with Crippen molar-refractivity contribution in [3.63, 3.8) is 0 Å². The van der Waals surface area contributed by atoms with Gasteiger partial charge in [-0.2, -0.15) is 10.5 Å². The standard InChI is InChI=1S/C50H48N2O12/c1-31(2)47(53)59-19-7-5-17-57-41-15-13-35-21-33(9-11-37(35)25-41)23-39(27-51)49(55)63-43-29-61-46-44(30-62-45(43)46)64-50(56)40(28-52)24-34-10-12-38-26-42(16-14-36(38)22-34)58-18-6-8-20-60-48(54)32(3)4/h9-16,21-26,43-46H,1,3,5-8,17-20,29-30H2,2,4H3/b39-23+,40-24+/t43-,44+,45-,46-/m1/s1. The molecule has 0 amide bonds. The summed E-state index contributed by atoms with van der Waals surface area (Å²) in [6.45, 7) is 11.7. The molecule has 0 unspecified atom stereocenters. The van der Waals surface area contributed by atoms with Gasteiger partial charge in [-0.3, -0.25) is 0 Å². The van der Waals surface area contributed by atoms with Crippen LogP contribution in [0.25, 0.3) is 33.7 Å². The highest BCUT2D eigenvalue weighted by Crippen LogP contribution is 2.32. The Bertz CT molecular complexity index is 2400. The van der Waals surface area contributed by atoms with E-state index in [1.54, 1.807) is 26.0 Å². The third kappa shape index (κ3) is 12.4. The van der Waals surface area contributed by atoms with Gasteiger partial charge in [0.2, 0.25) is 0 Å². The number of unbranched alkanes of at least 4 members (excludes halogenated alkanes) is 2. The fraction of sp³-hybridized carbons (Fsp3) is 0.320. The number of hydrogen-bond donors (Lipinski definition) is 0.